The Labute approximate surface area is 95.8 Å². The minimum atomic E-state index is -5.68. The van der Waals surface area contributed by atoms with Gasteiger partial charge in [0.05, 0.1) is 0 Å². The van der Waals surface area contributed by atoms with Crippen LogP contribution in [0.2, 0.25) is 0 Å². The molecule has 1 atom stereocenters. The first-order valence-corrected chi connectivity index (χ1v) is 4.77. The Morgan fingerprint density at radius 3 is 2.25 bits per heavy atom. The van der Waals surface area contributed by atoms with E-state index in [9.17, 15) is 22.0 Å². The fourth-order valence-electron chi connectivity index (χ4n) is 0.997. The highest BCUT2D eigenvalue weighted by molar-refractivity contribution is 9.10. The van der Waals surface area contributed by atoms with Crippen molar-refractivity contribution in [2.45, 2.75) is 18.1 Å². The van der Waals surface area contributed by atoms with Crippen molar-refractivity contribution in [2.24, 2.45) is 5.73 Å². The largest absolute Gasteiger partial charge is 0.455 e. The van der Waals surface area contributed by atoms with E-state index in [4.69, 9.17) is 5.73 Å². The van der Waals surface area contributed by atoms with Crippen molar-refractivity contribution < 1.29 is 22.0 Å². The number of nitrogens with two attached hydrogens (primary N) is 1. The van der Waals surface area contributed by atoms with Crippen molar-refractivity contribution >= 4 is 15.9 Å². The van der Waals surface area contributed by atoms with Gasteiger partial charge >= 0.3 is 12.1 Å². The van der Waals surface area contributed by atoms with Crippen LogP contribution in [0.1, 0.15) is 11.6 Å². The summed E-state index contributed by atoms with van der Waals surface area (Å²) in [5.41, 5.74) is 4.57. The van der Waals surface area contributed by atoms with Crippen molar-refractivity contribution in [1.29, 1.82) is 0 Å². The maximum absolute atomic E-state index is 12.9. The quantitative estimate of drug-likeness (QED) is 0.674. The summed E-state index contributed by atoms with van der Waals surface area (Å²) in [6.07, 6.45) is -4.59. The maximum Gasteiger partial charge on any atom is 0.455 e. The number of aromatic nitrogens is 1. The van der Waals surface area contributed by atoms with Crippen molar-refractivity contribution in [3.8, 4) is 0 Å². The molecule has 0 saturated carbocycles. The van der Waals surface area contributed by atoms with E-state index in [0.717, 1.165) is 18.3 Å². The van der Waals surface area contributed by atoms with Crippen molar-refractivity contribution in [2.75, 3.05) is 0 Å². The van der Waals surface area contributed by atoms with Crippen LogP contribution in [0.3, 0.4) is 0 Å². The van der Waals surface area contributed by atoms with Gasteiger partial charge in [0.25, 0.3) is 0 Å². The van der Waals surface area contributed by atoms with Gasteiger partial charge in [0.2, 0.25) is 0 Å². The summed E-state index contributed by atoms with van der Waals surface area (Å²) in [4.78, 5) is 3.60. The Bertz CT molecular complexity index is 379. The predicted octanol–water partition coefficient (Wildman–Crippen LogP) is 3.04. The van der Waals surface area contributed by atoms with Crippen molar-refractivity contribution in [1.82, 2.24) is 4.98 Å². The van der Waals surface area contributed by atoms with Crippen LogP contribution < -0.4 is 5.73 Å². The van der Waals surface area contributed by atoms with Gasteiger partial charge in [-0.25, -0.2) is 4.98 Å². The first-order chi connectivity index (χ1) is 7.16. The number of rotatable bonds is 2. The third-order valence-electron chi connectivity index (χ3n) is 1.88. The molecule has 1 rings (SSSR count). The Hall–Kier alpha value is -0.760. The van der Waals surface area contributed by atoms with E-state index in [-0.39, 0.29) is 10.2 Å². The number of pyridine rings is 1. The Balaban J connectivity index is 3.07. The Kier molecular flexibility index (Phi) is 3.53. The minimum absolute atomic E-state index is 0.137. The van der Waals surface area contributed by atoms with E-state index in [1.165, 1.54) is 0 Å². The average molecular weight is 305 g/mol. The fraction of sp³-hybridized carbons (Fsp3) is 0.375. The van der Waals surface area contributed by atoms with Crippen LogP contribution in [0, 0.1) is 0 Å². The monoisotopic (exact) mass is 304 g/mol. The van der Waals surface area contributed by atoms with Crippen LogP contribution in [0.25, 0.3) is 0 Å². The molecule has 0 aromatic carbocycles. The molecule has 0 saturated heterocycles. The summed E-state index contributed by atoms with van der Waals surface area (Å²) in [6.45, 7) is 0. The molecule has 0 fully saturated rings. The Morgan fingerprint density at radius 1 is 1.25 bits per heavy atom. The molecule has 16 heavy (non-hydrogen) atoms. The lowest BCUT2D eigenvalue weighted by Gasteiger charge is -2.25. The molecule has 1 aromatic rings. The molecule has 90 valence electrons. The molecular formula is C8H6BrF5N2. The minimum Gasteiger partial charge on any atom is -0.319 e. The number of nitrogens with zero attached hydrogens (tertiary/aromatic N) is 1. The second-order valence-electron chi connectivity index (χ2n) is 3.01. The summed E-state index contributed by atoms with van der Waals surface area (Å²) in [6, 6.07) is -0.425. The summed E-state index contributed by atoms with van der Waals surface area (Å²) in [5, 5.41) is 0. The number of alkyl halides is 5. The van der Waals surface area contributed by atoms with E-state index >= 15 is 0 Å². The molecule has 0 aliphatic carbocycles. The molecule has 0 unspecified atom stereocenters. The molecule has 2 N–H and O–H groups in total. The van der Waals surface area contributed by atoms with E-state index in [0.29, 0.717) is 0 Å². The number of hydrogen-bond acceptors (Lipinski definition) is 2. The van der Waals surface area contributed by atoms with Gasteiger partial charge in [-0.15, -0.1) is 0 Å². The third kappa shape index (κ3) is 2.49. The summed E-state index contributed by atoms with van der Waals surface area (Å²) in [5.74, 6) is -4.98. The molecule has 0 radical (unpaired) electrons. The molecular weight excluding hydrogens is 299 g/mol. The number of hydrogen-bond donors (Lipinski definition) is 1. The molecule has 1 heterocycles. The molecule has 2 nitrogen and oxygen atoms in total. The average Bonchev–Trinajstić information content (AvgIpc) is 2.14. The zero-order valence-corrected chi connectivity index (χ0v) is 9.19. The second-order valence-corrected chi connectivity index (χ2v) is 3.82. The van der Waals surface area contributed by atoms with Gasteiger partial charge in [-0.2, -0.15) is 22.0 Å². The van der Waals surface area contributed by atoms with Crippen LogP contribution in [0.15, 0.2) is 22.9 Å². The van der Waals surface area contributed by atoms with Crippen LogP contribution in [0.4, 0.5) is 22.0 Å². The van der Waals surface area contributed by atoms with E-state index in [1.807, 2.05) is 0 Å². The molecule has 0 aliphatic rings. The molecule has 0 amide bonds. The van der Waals surface area contributed by atoms with Gasteiger partial charge in [0.1, 0.15) is 10.6 Å². The standard InChI is InChI=1S/C8H6BrF5N2/c9-5-3-4(1-2-16-5)6(15)7(10,11)8(12,13)14/h1-3,6H,15H2/t6-/m1/s1. The predicted molar refractivity (Wildman–Crippen MR) is 49.9 cm³/mol. The third-order valence-corrected chi connectivity index (χ3v) is 2.31. The SMILES string of the molecule is N[C@H](c1ccnc(Br)c1)C(F)(F)C(F)(F)F. The lowest BCUT2D eigenvalue weighted by molar-refractivity contribution is -0.291. The first kappa shape index (κ1) is 13.3. The van der Waals surface area contributed by atoms with E-state index < -0.39 is 18.1 Å². The fourth-order valence-corrected chi connectivity index (χ4v) is 1.38. The summed E-state index contributed by atoms with van der Waals surface area (Å²) in [7, 11) is 0. The van der Waals surface area contributed by atoms with E-state index in [2.05, 4.69) is 20.9 Å². The van der Waals surface area contributed by atoms with Crippen molar-refractivity contribution in [3.63, 3.8) is 0 Å². The lowest BCUT2D eigenvalue weighted by atomic mass is 10.0. The summed E-state index contributed by atoms with van der Waals surface area (Å²) < 4.78 is 61.9. The highest BCUT2D eigenvalue weighted by Gasteiger charge is 2.61. The van der Waals surface area contributed by atoms with Gasteiger partial charge in [0.15, 0.2) is 0 Å². The highest BCUT2D eigenvalue weighted by Crippen LogP contribution is 2.43. The lowest BCUT2D eigenvalue weighted by Crippen LogP contribution is -2.45. The van der Waals surface area contributed by atoms with E-state index in [1.54, 1.807) is 0 Å². The van der Waals surface area contributed by atoms with Crippen LogP contribution in [-0.4, -0.2) is 17.1 Å². The van der Waals surface area contributed by atoms with Crippen LogP contribution in [-0.2, 0) is 0 Å². The van der Waals surface area contributed by atoms with Gasteiger partial charge in [-0.3, -0.25) is 0 Å². The van der Waals surface area contributed by atoms with Crippen LogP contribution >= 0.6 is 15.9 Å². The molecule has 8 heteroatoms. The molecule has 1 aromatic heterocycles. The molecule has 0 bridgehead atoms. The van der Waals surface area contributed by atoms with Gasteiger partial charge < -0.3 is 5.73 Å². The first-order valence-electron chi connectivity index (χ1n) is 3.98. The normalized spacial score (nSPS) is 14.9. The Morgan fingerprint density at radius 2 is 1.81 bits per heavy atom. The second kappa shape index (κ2) is 4.25. The number of halogens is 6. The maximum atomic E-state index is 12.9. The zero-order chi connectivity index (χ0) is 12.6. The smallest absolute Gasteiger partial charge is 0.319 e. The molecule has 0 spiro atoms. The van der Waals surface area contributed by atoms with Crippen LogP contribution in [0.5, 0.6) is 0 Å². The summed E-state index contributed by atoms with van der Waals surface area (Å²) >= 11 is 2.85. The van der Waals surface area contributed by atoms with Gasteiger partial charge in [0, 0.05) is 6.20 Å². The van der Waals surface area contributed by atoms with Gasteiger partial charge in [-0.05, 0) is 33.6 Å². The zero-order valence-electron chi connectivity index (χ0n) is 7.60. The highest BCUT2D eigenvalue weighted by atomic mass is 79.9. The molecule has 0 aliphatic heterocycles. The topological polar surface area (TPSA) is 38.9 Å². The van der Waals surface area contributed by atoms with Gasteiger partial charge in [-0.1, -0.05) is 0 Å². The van der Waals surface area contributed by atoms with Crippen molar-refractivity contribution in [3.05, 3.63) is 28.5 Å².